The van der Waals surface area contributed by atoms with E-state index in [0.29, 0.717) is 10.9 Å². The fraction of sp³-hybridized carbons (Fsp3) is 0.571. The van der Waals surface area contributed by atoms with Crippen LogP contribution in [0.1, 0.15) is 27.2 Å². The van der Waals surface area contributed by atoms with Gasteiger partial charge in [-0.1, -0.05) is 0 Å². The minimum absolute atomic E-state index is 0.0739. The van der Waals surface area contributed by atoms with Gasteiger partial charge in [-0.25, -0.2) is 18.2 Å². The molecule has 2 heterocycles. The molecule has 1 saturated heterocycles. The third-order valence-corrected chi connectivity index (χ3v) is 6.21. The van der Waals surface area contributed by atoms with Crippen molar-refractivity contribution in [3.05, 3.63) is 16.7 Å². The van der Waals surface area contributed by atoms with E-state index in [1.54, 1.807) is 20.8 Å². The van der Waals surface area contributed by atoms with Crippen molar-refractivity contribution in [1.82, 2.24) is 14.2 Å². The highest BCUT2D eigenvalue weighted by Crippen LogP contribution is 2.30. The zero-order valence-corrected chi connectivity index (χ0v) is 16.1. The molecule has 0 aliphatic carbocycles. The number of nitrogens with two attached hydrogens (primary N) is 1. The number of nitrogen functional groups attached to an aromatic ring is 1. The summed E-state index contributed by atoms with van der Waals surface area (Å²) in [5.74, 6) is -0.0763. The molecule has 1 aromatic rings. The quantitative estimate of drug-likeness (QED) is 0.771. The molecule has 1 fully saturated rings. The number of nitrogens with zero attached hydrogens (tertiary/aromatic N) is 3. The Labute approximate surface area is 149 Å². The highest BCUT2D eigenvalue weighted by atomic mass is 79.9. The van der Waals surface area contributed by atoms with Crippen LogP contribution in [0.3, 0.4) is 0 Å². The number of pyridine rings is 1. The van der Waals surface area contributed by atoms with Gasteiger partial charge in [-0.2, -0.15) is 4.31 Å². The van der Waals surface area contributed by atoms with Gasteiger partial charge in [0.2, 0.25) is 10.0 Å². The Morgan fingerprint density at radius 2 is 2.12 bits per heavy atom. The molecule has 0 saturated carbocycles. The lowest BCUT2D eigenvalue weighted by Gasteiger charge is -2.37. The van der Waals surface area contributed by atoms with Gasteiger partial charge >= 0.3 is 6.09 Å². The normalized spacial score (nSPS) is 19.4. The molecule has 3 N–H and O–H groups in total. The van der Waals surface area contributed by atoms with Crippen molar-refractivity contribution in [1.29, 1.82) is 0 Å². The van der Waals surface area contributed by atoms with Crippen LogP contribution in [-0.2, 0) is 10.0 Å². The first-order valence-electron chi connectivity index (χ1n) is 7.38. The number of carbonyl (C=O) groups is 1. The van der Waals surface area contributed by atoms with Crippen LogP contribution in [0.15, 0.2) is 21.6 Å². The predicted octanol–water partition coefficient (Wildman–Crippen LogP) is 1.97. The zero-order chi connectivity index (χ0) is 18.3. The average Bonchev–Trinajstić information content (AvgIpc) is 2.89. The van der Waals surface area contributed by atoms with E-state index < -0.39 is 27.7 Å². The number of hydrogen-bond donors (Lipinski definition) is 2. The van der Waals surface area contributed by atoms with Gasteiger partial charge in [-0.15, -0.1) is 0 Å². The molecule has 24 heavy (non-hydrogen) atoms. The van der Waals surface area contributed by atoms with E-state index in [2.05, 4.69) is 20.9 Å². The van der Waals surface area contributed by atoms with E-state index in [1.165, 1.54) is 21.5 Å². The van der Waals surface area contributed by atoms with Gasteiger partial charge < -0.3 is 10.8 Å². The fourth-order valence-corrected chi connectivity index (χ4v) is 4.98. The lowest BCUT2D eigenvalue weighted by molar-refractivity contribution is 0.0742. The van der Waals surface area contributed by atoms with Crippen molar-refractivity contribution in [3.8, 4) is 0 Å². The number of carboxylic acid groups (broad SMARTS) is 1. The van der Waals surface area contributed by atoms with Crippen molar-refractivity contribution in [2.24, 2.45) is 0 Å². The number of aromatic nitrogens is 1. The Morgan fingerprint density at radius 1 is 1.50 bits per heavy atom. The molecular formula is C14H21BrN4O4S. The first-order valence-corrected chi connectivity index (χ1v) is 9.61. The van der Waals surface area contributed by atoms with Crippen molar-refractivity contribution in [2.75, 3.05) is 18.8 Å². The monoisotopic (exact) mass is 420 g/mol. The summed E-state index contributed by atoms with van der Waals surface area (Å²) in [6.45, 7) is 5.69. The van der Waals surface area contributed by atoms with E-state index in [-0.39, 0.29) is 23.8 Å². The highest BCUT2D eigenvalue weighted by Gasteiger charge is 2.41. The third-order valence-electron chi connectivity index (χ3n) is 3.89. The predicted molar refractivity (Wildman–Crippen MR) is 93.1 cm³/mol. The SMILES string of the molecule is CC(C)(C)N(C(=O)O)[C@@H]1CCN(S(=O)(=O)c2cc(Br)cnc2N)C1. The first-order chi connectivity index (χ1) is 10.9. The summed E-state index contributed by atoms with van der Waals surface area (Å²) < 4.78 is 27.4. The van der Waals surface area contributed by atoms with Gasteiger partial charge in [0.25, 0.3) is 0 Å². The van der Waals surface area contributed by atoms with Crippen molar-refractivity contribution in [2.45, 2.75) is 43.7 Å². The second-order valence-corrected chi connectivity index (χ2v) is 9.49. The van der Waals surface area contributed by atoms with Crippen molar-refractivity contribution in [3.63, 3.8) is 0 Å². The van der Waals surface area contributed by atoms with Crippen LogP contribution in [0.25, 0.3) is 0 Å². The molecule has 0 radical (unpaired) electrons. The minimum atomic E-state index is -3.83. The summed E-state index contributed by atoms with van der Waals surface area (Å²) >= 11 is 3.19. The molecule has 1 aliphatic heterocycles. The molecule has 1 atom stereocenters. The molecule has 10 heteroatoms. The molecule has 0 bridgehead atoms. The van der Waals surface area contributed by atoms with Crippen LogP contribution in [0.5, 0.6) is 0 Å². The van der Waals surface area contributed by atoms with E-state index in [4.69, 9.17) is 5.73 Å². The van der Waals surface area contributed by atoms with Crippen LogP contribution in [0, 0.1) is 0 Å². The molecule has 0 spiro atoms. The summed E-state index contributed by atoms with van der Waals surface area (Å²) in [6.07, 6.45) is 0.798. The van der Waals surface area contributed by atoms with Crippen molar-refractivity contribution < 1.29 is 18.3 Å². The number of hydrogen-bond acceptors (Lipinski definition) is 5. The van der Waals surface area contributed by atoms with Crippen LogP contribution in [0.2, 0.25) is 0 Å². The lowest BCUT2D eigenvalue weighted by atomic mass is 10.0. The van der Waals surface area contributed by atoms with Gasteiger partial charge in [0.05, 0.1) is 6.04 Å². The molecule has 1 amide bonds. The Morgan fingerprint density at radius 3 is 2.67 bits per heavy atom. The number of halogens is 1. The number of amides is 1. The molecule has 1 aromatic heterocycles. The van der Waals surface area contributed by atoms with E-state index >= 15 is 0 Å². The summed E-state index contributed by atoms with van der Waals surface area (Å²) in [6, 6.07) is 1.00. The number of anilines is 1. The maximum atomic E-state index is 12.8. The van der Waals surface area contributed by atoms with Crippen LogP contribution in [-0.4, -0.2) is 58.5 Å². The fourth-order valence-electron chi connectivity index (χ4n) is 2.91. The molecule has 1 aliphatic rings. The average molecular weight is 421 g/mol. The molecule has 134 valence electrons. The minimum Gasteiger partial charge on any atom is -0.465 e. The molecule has 0 aromatic carbocycles. The van der Waals surface area contributed by atoms with E-state index in [1.807, 2.05) is 0 Å². The van der Waals surface area contributed by atoms with Crippen LogP contribution >= 0.6 is 15.9 Å². The van der Waals surface area contributed by atoms with E-state index in [0.717, 1.165) is 0 Å². The largest absolute Gasteiger partial charge is 0.465 e. The van der Waals surface area contributed by atoms with Gasteiger partial charge in [0, 0.05) is 29.3 Å². The number of sulfonamides is 1. The smallest absolute Gasteiger partial charge is 0.408 e. The maximum absolute atomic E-state index is 12.8. The summed E-state index contributed by atoms with van der Waals surface area (Å²) in [5.41, 5.74) is 5.09. The summed E-state index contributed by atoms with van der Waals surface area (Å²) in [4.78, 5) is 16.7. The van der Waals surface area contributed by atoms with E-state index in [9.17, 15) is 18.3 Å². The van der Waals surface area contributed by atoms with Gasteiger partial charge in [0.15, 0.2) is 0 Å². The van der Waals surface area contributed by atoms with Gasteiger partial charge in [-0.05, 0) is 49.2 Å². The van der Waals surface area contributed by atoms with Gasteiger partial charge in [-0.3, -0.25) is 4.90 Å². The standard InChI is InChI=1S/C14H21BrN4O4S/c1-14(2,3)19(13(20)21)10-4-5-18(8-10)24(22,23)11-6-9(15)7-17-12(11)16/h6-7,10H,4-5,8H2,1-3H3,(H2,16,17)(H,20,21)/t10-/m1/s1. The summed E-state index contributed by atoms with van der Waals surface area (Å²) in [5, 5.41) is 9.48. The topological polar surface area (TPSA) is 117 Å². The van der Waals surface area contributed by atoms with Crippen LogP contribution in [0.4, 0.5) is 10.6 Å². The Balaban J connectivity index is 2.29. The molecule has 0 unspecified atom stereocenters. The Kier molecular flexibility index (Phi) is 5.12. The highest BCUT2D eigenvalue weighted by molar-refractivity contribution is 9.10. The third kappa shape index (κ3) is 3.65. The van der Waals surface area contributed by atoms with Gasteiger partial charge in [0.1, 0.15) is 10.7 Å². The zero-order valence-electron chi connectivity index (χ0n) is 13.7. The second kappa shape index (κ2) is 6.49. The second-order valence-electron chi connectivity index (χ2n) is 6.67. The lowest BCUT2D eigenvalue weighted by Crippen LogP contribution is -2.52. The maximum Gasteiger partial charge on any atom is 0.408 e. The first kappa shape index (κ1) is 18.9. The Bertz CT molecular complexity index is 748. The molecule has 2 rings (SSSR count). The van der Waals surface area contributed by atoms with Crippen molar-refractivity contribution >= 4 is 37.9 Å². The van der Waals surface area contributed by atoms with Crippen LogP contribution < -0.4 is 5.73 Å². The molecule has 8 nitrogen and oxygen atoms in total. The molecular weight excluding hydrogens is 400 g/mol. The summed E-state index contributed by atoms with van der Waals surface area (Å²) in [7, 11) is -3.83. The Hall–Kier alpha value is -1.39. The number of rotatable bonds is 3.